The Labute approximate surface area is 225 Å². The Morgan fingerprint density at radius 3 is 2.58 bits per heavy atom. The van der Waals surface area contributed by atoms with Gasteiger partial charge in [-0.25, -0.2) is 0 Å². The van der Waals surface area contributed by atoms with Crippen LogP contribution in [0.25, 0.3) is 22.6 Å². The van der Waals surface area contributed by atoms with E-state index in [1.54, 1.807) is 0 Å². The van der Waals surface area contributed by atoms with Gasteiger partial charge < -0.3 is 14.5 Å². The zero-order valence-electron chi connectivity index (χ0n) is 18.7. The van der Waals surface area contributed by atoms with Crippen LogP contribution < -0.4 is 10.1 Å². The molecule has 3 heterocycles. The maximum absolute atomic E-state index is 6.34. The van der Waals surface area contributed by atoms with E-state index >= 15 is 0 Å². The monoisotopic (exact) mass is 576 g/mol. The first-order chi connectivity index (χ1) is 17.6. The van der Waals surface area contributed by atoms with Gasteiger partial charge in [-0.2, -0.15) is 4.98 Å². The molecular formula is C27H18BrClN4O2S. The molecule has 0 radical (unpaired) electrons. The molecule has 0 fully saturated rings. The highest BCUT2D eigenvalue weighted by molar-refractivity contribution is 9.10. The molecule has 0 bridgehead atoms. The largest absolute Gasteiger partial charge is 0.455 e. The molecule has 5 aromatic rings. The summed E-state index contributed by atoms with van der Waals surface area (Å²) in [6, 6.07) is 27.4. The Hall–Kier alpha value is -3.33. The van der Waals surface area contributed by atoms with Crippen molar-refractivity contribution in [1.82, 2.24) is 15.2 Å². The summed E-state index contributed by atoms with van der Waals surface area (Å²) in [5.41, 5.74) is 4.26. The van der Waals surface area contributed by atoms with Gasteiger partial charge in [0, 0.05) is 32.1 Å². The third-order valence-electron chi connectivity index (χ3n) is 5.66. The predicted octanol–water partition coefficient (Wildman–Crippen LogP) is 8.01. The molecule has 0 spiro atoms. The molecule has 36 heavy (non-hydrogen) atoms. The second-order valence-electron chi connectivity index (χ2n) is 8.02. The highest BCUT2D eigenvalue weighted by atomic mass is 79.9. The summed E-state index contributed by atoms with van der Waals surface area (Å²) in [7, 11) is 0. The molecule has 2 aromatic heterocycles. The average Bonchev–Trinajstić information content (AvgIpc) is 3.33. The average molecular weight is 578 g/mol. The van der Waals surface area contributed by atoms with Crippen molar-refractivity contribution >= 4 is 45.0 Å². The van der Waals surface area contributed by atoms with Crippen LogP contribution in [0.1, 0.15) is 17.6 Å². The summed E-state index contributed by atoms with van der Waals surface area (Å²) in [6.45, 7) is 0. The maximum Gasteiger partial charge on any atom is 0.247 e. The smallest absolute Gasteiger partial charge is 0.247 e. The van der Waals surface area contributed by atoms with Crippen molar-refractivity contribution in [1.29, 1.82) is 0 Å². The normalized spacial score (nSPS) is 14.2. The predicted molar refractivity (Wildman–Crippen MR) is 145 cm³/mol. The number of thioether (sulfide) groups is 1. The van der Waals surface area contributed by atoms with Crippen LogP contribution in [0.5, 0.6) is 5.88 Å². The van der Waals surface area contributed by atoms with Crippen molar-refractivity contribution < 1.29 is 9.15 Å². The SMILES string of the molecule is Clc1ccccc1CSc1nnc2c(n1)O[C@H](c1ccc(-c3ccc(Br)cc3)o1)Nc1ccccc1-2. The van der Waals surface area contributed by atoms with Crippen molar-refractivity contribution in [2.75, 3.05) is 5.32 Å². The van der Waals surface area contributed by atoms with Gasteiger partial charge >= 0.3 is 0 Å². The number of fused-ring (bicyclic) bond motifs is 3. The number of benzene rings is 3. The van der Waals surface area contributed by atoms with Crippen LogP contribution in [0.15, 0.2) is 99.0 Å². The van der Waals surface area contributed by atoms with E-state index in [2.05, 4.69) is 31.4 Å². The molecule has 1 atom stereocenters. The molecule has 0 aliphatic carbocycles. The van der Waals surface area contributed by atoms with Crippen molar-refractivity contribution in [3.63, 3.8) is 0 Å². The first-order valence-corrected chi connectivity index (χ1v) is 13.3. The number of ether oxygens (including phenoxy) is 1. The number of aromatic nitrogens is 3. The Bertz CT molecular complexity index is 1540. The number of halogens is 2. The van der Waals surface area contributed by atoms with Crippen molar-refractivity contribution in [3.05, 3.63) is 106 Å². The highest BCUT2D eigenvalue weighted by Crippen LogP contribution is 2.40. The van der Waals surface area contributed by atoms with Gasteiger partial charge in [-0.05, 0) is 42.0 Å². The Balaban J connectivity index is 1.32. The minimum atomic E-state index is -0.602. The third kappa shape index (κ3) is 4.72. The summed E-state index contributed by atoms with van der Waals surface area (Å²) < 4.78 is 13.6. The van der Waals surface area contributed by atoms with Crippen LogP contribution >= 0.6 is 39.3 Å². The number of anilines is 1. The van der Waals surface area contributed by atoms with Crippen LogP contribution in [0.3, 0.4) is 0 Å². The van der Waals surface area contributed by atoms with Crippen LogP contribution in [0, 0.1) is 0 Å². The van der Waals surface area contributed by atoms with Crippen molar-refractivity contribution in [3.8, 4) is 28.5 Å². The number of rotatable bonds is 5. The van der Waals surface area contributed by atoms with E-state index < -0.39 is 6.23 Å². The lowest BCUT2D eigenvalue weighted by Gasteiger charge is -2.16. The summed E-state index contributed by atoms with van der Waals surface area (Å²) in [6.07, 6.45) is -0.602. The lowest BCUT2D eigenvalue weighted by atomic mass is 10.1. The van der Waals surface area contributed by atoms with E-state index in [4.69, 9.17) is 25.7 Å². The van der Waals surface area contributed by atoms with Crippen molar-refractivity contribution in [2.45, 2.75) is 17.1 Å². The number of hydrogen-bond donors (Lipinski definition) is 1. The van der Waals surface area contributed by atoms with E-state index in [9.17, 15) is 0 Å². The summed E-state index contributed by atoms with van der Waals surface area (Å²) in [5, 5.41) is 13.5. The van der Waals surface area contributed by atoms with E-state index in [0.717, 1.165) is 32.6 Å². The fraction of sp³-hybridized carbons (Fsp3) is 0.0741. The zero-order valence-corrected chi connectivity index (χ0v) is 21.8. The Morgan fingerprint density at radius 1 is 0.917 bits per heavy atom. The van der Waals surface area contributed by atoms with Crippen molar-refractivity contribution in [2.24, 2.45) is 0 Å². The number of furan rings is 1. The second-order valence-corrected chi connectivity index (χ2v) is 10.3. The number of para-hydroxylation sites is 1. The summed E-state index contributed by atoms with van der Waals surface area (Å²) in [4.78, 5) is 4.70. The topological polar surface area (TPSA) is 73.1 Å². The fourth-order valence-electron chi connectivity index (χ4n) is 3.86. The maximum atomic E-state index is 6.34. The molecule has 9 heteroatoms. The second kappa shape index (κ2) is 9.97. The Morgan fingerprint density at radius 2 is 1.72 bits per heavy atom. The van der Waals surface area contributed by atoms with Gasteiger partial charge in [-0.15, -0.1) is 10.2 Å². The first-order valence-electron chi connectivity index (χ1n) is 11.1. The van der Waals surface area contributed by atoms with Gasteiger partial charge in [0.25, 0.3) is 0 Å². The molecule has 178 valence electrons. The molecule has 6 rings (SSSR count). The molecule has 0 saturated carbocycles. The minimum Gasteiger partial charge on any atom is -0.455 e. The van der Waals surface area contributed by atoms with Gasteiger partial charge in [-0.1, -0.05) is 87.8 Å². The first kappa shape index (κ1) is 23.1. The fourth-order valence-corrected chi connectivity index (χ4v) is 5.19. The number of nitrogens with zero attached hydrogens (tertiary/aromatic N) is 3. The van der Waals surface area contributed by atoms with Gasteiger partial charge in [-0.3, -0.25) is 0 Å². The molecule has 3 aromatic carbocycles. The highest BCUT2D eigenvalue weighted by Gasteiger charge is 2.28. The lowest BCUT2D eigenvalue weighted by Crippen LogP contribution is -2.16. The molecule has 1 aliphatic heterocycles. The van der Waals surface area contributed by atoms with Crippen LogP contribution in [-0.2, 0) is 5.75 Å². The van der Waals surface area contributed by atoms with E-state index in [-0.39, 0.29) is 0 Å². The van der Waals surface area contributed by atoms with E-state index in [1.165, 1.54) is 11.8 Å². The van der Waals surface area contributed by atoms with Crippen LogP contribution in [-0.4, -0.2) is 15.2 Å². The Kier molecular flexibility index (Phi) is 6.39. The summed E-state index contributed by atoms with van der Waals surface area (Å²) in [5.74, 6) is 2.38. The van der Waals surface area contributed by atoms with E-state index in [0.29, 0.717) is 33.3 Å². The molecule has 0 amide bonds. The molecule has 1 N–H and O–H groups in total. The standard InChI is InChI=1S/C27H18BrClN4O2S/c28-18-11-9-16(10-12-18)22-13-14-23(34-22)25-30-21-8-4-2-6-19(21)24-26(35-25)31-27(33-32-24)36-15-17-5-1-3-7-20(17)29/h1-14,25,30H,15H2/t25-/m1/s1. The molecule has 0 saturated heterocycles. The third-order valence-corrected chi connectivity index (χ3v) is 7.45. The van der Waals surface area contributed by atoms with E-state index in [1.807, 2.05) is 84.9 Å². The molecule has 1 aliphatic rings. The van der Waals surface area contributed by atoms with Gasteiger partial charge in [0.15, 0.2) is 11.5 Å². The van der Waals surface area contributed by atoms with Crippen LogP contribution in [0.2, 0.25) is 5.02 Å². The zero-order chi connectivity index (χ0) is 24.5. The number of hydrogen-bond acceptors (Lipinski definition) is 7. The van der Waals surface area contributed by atoms with Gasteiger partial charge in [0.1, 0.15) is 5.76 Å². The molecule has 6 nitrogen and oxygen atoms in total. The number of nitrogens with one attached hydrogen (secondary N) is 1. The molecule has 0 unspecified atom stereocenters. The molecular weight excluding hydrogens is 560 g/mol. The summed E-state index contributed by atoms with van der Waals surface area (Å²) >= 11 is 11.2. The van der Waals surface area contributed by atoms with Crippen LogP contribution in [0.4, 0.5) is 5.69 Å². The van der Waals surface area contributed by atoms with Gasteiger partial charge in [0.2, 0.25) is 17.3 Å². The quantitative estimate of drug-likeness (QED) is 0.212. The van der Waals surface area contributed by atoms with Gasteiger partial charge in [0.05, 0.1) is 0 Å². The minimum absolute atomic E-state index is 0.385. The lowest BCUT2D eigenvalue weighted by molar-refractivity contribution is 0.196.